The van der Waals surface area contributed by atoms with Crippen LogP contribution in [-0.4, -0.2) is 48.9 Å². The van der Waals surface area contributed by atoms with Crippen molar-refractivity contribution in [1.82, 2.24) is 10.2 Å². The van der Waals surface area contributed by atoms with Gasteiger partial charge in [0, 0.05) is 0 Å². The van der Waals surface area contributed by atoms with Crippen LogP contribution in [0.15, 0.2) is 30.7 Å². The monoisotopic (exact) mass is 362 g/mol. The Bertz CT molecular complexity index is 726. The van der Waals surface area contributed by atoms with E-state index in [9.17, 15) is 9.18 Å². The Labute approximate surface area is 151 Å². The molecule has 2 saturated heterocycles. The largest absolute Gasteiger partial charge is 0.493 e. The zero-order chi connectivity index (χ0) is 18.3. The second-order valence-corrected chi connectivity index (χ2v) is 7.54. The van der Waals surface area contributed by atoms with Crippen molar-refractivity contribution in [3.05, 3.63) is 42.0 Å². The highest BCUT2D eigenvalue weighted by Gasteiger charge is 2.50. The van der Waals surface area contributed by atoms with E-state index in [1.807, 2.05) is 6.92 Å². The van der Waals surface area contributed by atoms with Crippen LogP contribution in [0.4, 0.5) is 9.18 Å². The Hall–Kier alpha value is -2.44. The quantitative estimate of drug-likeness (QED) is 0.892. The molecule has 1 spiro atoms. The van der Waals surface area contributed by atoms with Crippen LogP contribution < -0.4 is 10.1 Å². The van der Waals surface area contributed by atoms with Gasteiger partial charge in [-0.3, -0.25) is 0 Å². The molecule has 1 aliphatic carbocycles. The van der Waals surface area contributed by atoms with Gasteiger partial charge < -0.3 is 24.4 Å². The van der Waals surface area contributed by atoms with E-state index < -0.39 is 0 Å². The Morgan fingerprint density at radius 1 is 1.46 bits per heavy atom. The molecule has 3 fully saturated rings. The van der Waals surface area contributed by atoms with Gasteiger partial charge in [0.1, 0.15) is 29.8 Å². The zero-order valence-corrected chi connectivity index (χ0v) is 14.8. The minimum Gasteiger partial charge on any atom is -0.493 e. The lowest BCUT2D eigenvalue weighted by atomic mass is 9.83. The summed E-state index contributed by atoms with van der Waals surface area (Å²) in [6, 6.07) is 4.50. The second-order valence-electron chi connectivity index (χ2n) is 7.54. The highest BCUT2D eigenvalue weighted by molar-refractivity contribution is 5.69. The zero-order valence-electron chi connectivity index (χ0n) is 14.8. The van der Waals surface area contributed by atoms with E-state index in [1.165, 1.54) is 12.1 Å². The Morgan fingerprint density at radius 2 is 2.23 bits per heavy atom. The molecule has 0 unspecified atom stereocenters. The summed E-state index contributed by atoms with van der Waals surface area (Å²) >= 11 is 0. The van der Waals surface area contributed by atoms with Crippen molar-refractivity contribution in [3.63, 3.8) is 0 Å². The molecule has 140 valence electrons. The molecule has 0 aromatic heterocycles. The molecular weight excluding hydrogens is 339 g/mol. The molecule has 1 amide bonds. The van der Waals surface area contributed by atoms with Crippen LogP contribution >= 0.6 is 0 Å². The number of carbonyl (C=O) groups is 1. The van der Waals surface area contributed by atoms with Crippen LogP contribution in [0.2, 0.25) is 0 Å². The van der Waals surface area contributed by atoms with Crippen molar-refractivity contribution in [2.75, 3.05) is 26.3 Å². The molecule has 0 atom stereocenters. The average molecular weight is 362 g/mol. The third-order valence-electron chi connectivity index (χ3n) is 5.24. The molecule has 3 aliphatic rings. The smallest absolute Gasteiger partial charge is 0.410 e. The van der Waals surface area contributed by atoms with Gasteiger partial charge in [-0.2, -0.15) is 0 Å². The molecule has 26 heavy (non-hydrogen) atoms. The maximum atomic E-state index is 13.1. The summed E-state index contributed by atoms with van der Waals surface area (Å²) in [7, 11) is 0. The van der Waals surface area contributed by atoms with Crippen molar-refractivity contribution in [1.29, 1.82) is 0 Å². The molecular formula is C19H23FN2O4. The summed E-state index contributed by atoms with van der Waals surface area (Å²) in [4.78, 5) is 13.8. The van der Waals surface area contributed by atoms with Crippen LogP contribution in [-0.2, 0) is 9.47 Å². The molecule has 7 heteroatoms. The molecule has 2 heterocycles. The van der Waals surface area contributed by atoms with Crippen LogP contribution in [0.5, 0.6) is 5.75 Å². The lowest BCUT2D eigenvalue weighted by Gasteiger charge is -2.46. The second kappa shape index (κ2) is 6.37. The molecule has 1 aromatic carbocycles. The number of nitrogens with one attached hydrogen (secondary N) is 1. The van der Waals surface area contributed by atoms with Gasteiger partial charge in [0.15, 0.2) is 5.88 Å². The number of aryl methyl sites for hydroxylation is 1. The lowest BCUT2D eigenvalue weighted by Crippen LogP contribution is -2.69. The SMILES string of the molecule is C=C1NC2(CO1)CN(C(=O)OC1CC(COc3ccc(F)cc3C)C1)C2. The van der Waals surface area contributed by atoms with Crippen LogP contribution in [0, 0.1) is 18.7 Å². The molecule has 0 radical (unpaired) electrons. The van der Waals surface area contributed by atoms with Gasteiger partial charge >= 0.3 is 6.09 Å². The summed E-state index contributed by atoms with van der Waals surface area (Å²) in [5.74, 6) is 1.36. The number of ether oxygens (including phenoxy) is 3. The van der Waals surface area contributed by atoms with Crippen molar-refractivity contribution < 1.29 is 23.4 Å². The number of carbonyl (C=O) groups excluding carboxylic acids is 1. The van der Waals surface area contributed by atoms with Crippen molar-refractivity contribution in [2.45, 2.75) is 31.4 Å². The van der Waals surface area contributed by atoms with Gasteiger partial charge in [0.25, 0.3) is 0 Å². The summed E-state index contributed by atoms with van der Waals surface area (Å²) in [5, 5.41) is 3.17. The number of hydrogen-bond acceptors (Lipinski definition) is 5. The van der Waals surface area contributed by atoms with Gasteiger partial charge in [0.2, 0.25) is 0 Å². The van der Waals surface area contributed by atoms with Gasteiger partial charge in [-0.1, -0.05) is 0 Å². The number of nitrogens with zero attached hydrogens (tertiary/aromatic N) is 1. The number of hydrogen-bond donors (Lipinski definition) is 1. The maximum Gasteiger partial charge on any atom is 0.410 e. The first-order chi connectivity index (χ1) is 12.4. The molecule has 0 bridgehead atoms. The highest BCUT2D eigenvalue weighted by Crippen LogP contribution is 2.33. The van der Waals surface area contributed by atoms with Gasteiger partial charge in [-0.05, 0) is 56.0 Å². The average Bonchev–Trinajstić information content (AvgIpc) is 2.91. The van der Waals surface area contributed by atoms with Crippen molar-refractivity contribution in [3.8, 4) is 5.75 Å². The number of benzene rings is 1. The standard InChI is InChI=1S/C19H23FN2O4/c1-12-5-15(20)3-4-17(12)24-8-14-6-16(7-14)26-18(23)22-9-19(10-22)11-25-13(2)21-19/h3-5,14,16,21H,2,6-11H2,1H3. The Morgan fingerprint density at radius 3 is 2.88 bits per heavy atom. The highest BCUT2D eigenvalue weighted by atomic mass is 19.1. The summed E-state index contributed by atoms with van der Waals surface area (Å²) in [6.07, 6.45) is 1.27. The van der Waals surface area contributed by atoms with E-state index in [0.29, 0.717) is 43.9 Å². The molecule has 1 saturated carbocycles. The van der Waals surface area contributed by atoms with Gasteiger partial charge in [-0.15, -0.1) is 0 Å². The van der Waals surface area contributed by atoms with E-state index in [1.54, 1.807) is 11.0 Å². The molecule has 4 rings (SSSR count). The van der Waals surface area contributed by atoms with Crippen LogP contribution in [0.3, 0.4) is 0 Å². The fourth-order valence-corrected chi connectivity index (χ4v) is 3.68. The summed E-state index contributed by atoms with van der Waals surface area (Å²) in [6.45, 7) is 7.80. The molecule has 1 N–H and O–H groups in total. The van der Waals surface area contributed by atoms with Crippen molar-refractivity contribution in [2.24, 2.45) is 5.92 Å². The van der Waals surface area contributed by atoms with E-state index in [4.69, 9.17) is 14.2 Å². The van der Waals surface area contributed by atoms with Gasteiger partial charge in [-0.25, -0.2) is 9.18 Å². The van der Waals surface area contributed by atoms with E-state index in [-0.39, 0.29) is 23.6 Å². The normalized spacial score (nSPS) is 25.8. The fourth-order valence-electron chi connectivity index (χ4n) is 3.68. The fraction of sp³-hybridized carbons (Fsp3) is 0.526. The lowest BCUT2D eigenvalue weighted by molar-refractivity contribution is -0.0358. The van der Waals surface area contributed by atoms with Crippen LogP contribution in [0.1, 0.15) is 18.4 Å². The van der Waals surface area contributed by atoms with Gasteiger partial charge in [0.05, 0.1) is 19.7 Å². The first-order valence-electron chi connectivity index (χ1n) is 8.87. The minimum atomic E-state index is -0.270. The Balaban J connectivity index is 1.15. The maximum absolute atomic E-state index is 13.1. The predicted octanol–water partition coefficient (Wildman–Crippen LogP) is 2.57. The first-order valence-corrected chi connectivity index (χ1v) is 8.87. The van der Waals surface area contributed by atoms with E-state index >= 15 is 0 Å². The number of halogens is 1. The molecule has 1 aromatic rings. The Kier molecular flexibility index (Phi) is 4.17. The number of likely N-dealkylation sites (tertiary alicyclic amines) is 1. The molecule has 2 aliphatic heterocycles. The number of rotatable bonds is 4. The topological polar surface area (TPSA) is 60.0 Å². The van der Waals surface area contributed by atoms with Crippen LogP contribution in [0.25, 0.3) is 0 Å². The molecule has 6 nitrogen and oxygen atoms in total. The third-order valence-corrected chi connectivity index (χ3v) is 5.24. The van der Waals surface area contributed by atoms with E-state index in [2.05, 4.69) is 11.9 Å². The number of amides is 1. The summed E-state index contributed by atoms with van der Waals surface area (Å²) < 4.78 is 29.7. The minimum absolute atomic E-state index is 0.0512. The first kappa shape index (κ1) is 17.0. The van der Waals surface area contributed by atoms with E-state index in [0.717, 1.165) is 18.4 Å². The third kappa shape index (κ3) is 3.30. The summed E-state index contributed by atoms with van der Waals surface area (Å²) in [5.41, 5.74) is 0.602. The predicted molar refractivity (Wildman–Crippen MR) is 92.2 cm³/mol. The van der Waals surface area contributed by atoms with Crippen molar-refractivity contribution >= 4 is 6.09 Å².